The summed E-state index contributed by atoms with van der Waals surface area (Å²) < 4.78 is 0. The van der Waals surface area contributed by atoms with E-state index in [-0.39, 0.29) is 6.61 Å². The van der Waals surface area contributed by atoms with Crippen LogP contribution in [0.15, 0.2) is 24.3 Å². The van der Waals surface area contributed by atoms with Gasteiger partial charge in [-0.25, -0.2) is 0 Å². The van der Waals surface area contributed by atoms with Crippen LogP contribution in [0.5, 0.6) is 0 Å². The fraction of sp³-hybridized carbons (Fsp3) is 0.429. The van der Waals surface area contributed by atoms with E-state index in [1.54, 1.807) is 0 Å². The Morgan fingerprint density at radius 2 is 1.94 bits per heavy atom. The Balaban J connectivity index is 2.14. The summed E-state index contributed by atoms with van der Waals surface area (Å²) >= 11 is 0. The zero-order valence-corrected chi connectivity index (χ0v) is 9.95. The largest absolute Gasteiger partial charge is 0.384 e. The average molecular weight is 230 g/mol. The number of hydrogen-bond donors (Lipinski definition) is 2. The molecule has 0 atom stereocenters. The number of aliphatic hydroxyl groups excluding tert-OH is 1. The zero-order chi connectivity index (χ0) is 11.9. The molecule has 90 valence electrons. The molecule has 0 spiro atoms. The topological polar surface area (TPSA) is 35.5 Å². The summed E-state index contributed by atoms with van der Waals surface area (Å²) in [7, 11) is 0. The third-order valence-corrected chi connectivity index (χ3v) is 2.97. The monoisotopic (exact) mass is 230 g/mol. The number of anilines is 2. The van der Waals surface area contributed by atoms with Crippen molar-refractivity contribution in [3.63, 3.8) is 0 Å². The Morgan fingerprint density at radius 3 is 2.71 bits per heavy atom. The molecule has 3 heteroatoms. The molecule has 1 aromatic carbocycles. The van der Waals surface area contributed by atoms with Gasteiger partial charge in [-0.15, -0.1) is 0 Å². The van der Waals surface area contributed by atoms with E-state index in [0.717, 1.165) is 18.8 Å². The van der Waals surface area contributed by atoms with Crippen LogP contribution in [0.2, 0.25) is 0 Å². The molecule has 0 radical (unpaired) electrons. The van der Waals surface area contributed by atoms with E-state index in [2.05, 4.69) is 34.3 Å². The van der Waals surface area contributed by atoms with E-state index < -0.39 is 0 Å². The minimum absolute atomic E-state index is 0.112. The summed E-state index contributed by atoms with van der Waals surface area (Å²) in [6.07, 6.45) is 3.85. The molecule has 0 saturated carbocycles. The smallest absolute Gasteiger partial charge is 0.106 e. The molecule has 1 fully saturated rings. The van der Waals surface area contributed by atoms with E-state index in [9.17, 15) is 0 Å². The van der Waals surface area contributed by atoms with E-state index in [1.165, 1.54) is 24.9 Å². The lowest BCUT2D eigenvalue weighted by Crippen LogP contribution is -2.29. The highest BCUT2D eigenvalue weighted by atomic mass is 16.2. The second kappa shape index (κ2) is 6.17. The van der Waals surface area contributed by atoms with Gasteiger partial charge in [-0.1, -0.05) is 18.1 Å². The van der Waals surface area contributed by atoms with E-state index in [1.807, 2.05) is 12.1 Å². The maximum Gasteiger partial charge on any atom is 0.106 e. The van der Waals surface area contributed by atoms with Crippen LogP contribution in [-0.2, 0) is 0 Å². The summed E-state index contributed by atoms with van der Waals surface area (Å²) in [5, 5.41) is 11.7. The molecule has 2 rings (SSSR count). The van der Waals surface area contributed by atoms with Crippen molar-refractivity contribution in [2.45, 2.75) is 19.3 Å². The summed E-state index contributed by atoms with van der Waals surface area (Å²) in [5.74, 6) is 2.60. The lowest BCUT2D eigenvalue weighted by atomic mass is 10.1. The SMILES string of the molecule is OCC#CNc1ccccc1N1CCCCC1. The van der Waals surface area contributed by atoms with Gasteiger partial charge in [0.1, 0.15) is 6.61 Å². The van der Waals surface area contributed by atoms with Gasteiger partial charge < -0.3 is 15.3 Å². The van der Waals surface area contributed by atoms with Gasteiger partial charge in [0.05, 0.1) is 11.4 Å². The highest BCUT2D eigenvalue weighted by Crippen LogP contribution is 2.27. The standard InChI is InChI=1S/C14H18N2O/c17-12-6-9-15-13-7-2-3-8-14(13)16-10-4-1-5-11-16/h2-3,7-8,15,17H,1,4-5,10-12H2. The van der Waals surface area contributed by atoms with Gasteiger partial charge in [-0.2, -0.15) is 0 Å². The first-order chi connectivity index (χ1) is 8.42. The number of nitrogens with one attached hydrogen (secondary N) is 1. The third-order valence-electron chi connectivity index (χ3n) is 2.97. The molecule has 0 unspecified atom stereocenters. The fourth-order valence-electron chi connectivity index (χ4n) is 2.14. The lowest BCUT2D eigenvalue weighted by molar-refractivity contribution is 0.350. The highest BCUT2D eigenvalue weighted by molar-refractivity contribution is 5.71. The van der Waals surface area contributed by atoms with E-state index in [4.69, 9.17) is 5.11 Å². The second-order valence-corrected chi connectivity index (χ2v) is 4.15. The molecule has 3 nitrogen and oxygen atoms in total. The van der Waals surface area contributed by atoms with Crippen molar-refractivity contribution < 1.29 is 5.11 Å². The van der Waals surface area contributed by atoms with Crippen molar-refractivity contribution in [2.24, 2.45) is 0 Å². The van der Waals surface area contributed by atoms with Gasteiger partial charge in [0, 0.05) is 19.1 Å². The molecular weight excluding hydrogens is 212 g/mol. The molecule has 1 saturated heterocycles. The summed E-state index contributed by atoms with van der Waals surface area (Å²) in [6.45, 7) is 2.12. The van der Waals surface area contributed by atoms with Gasteiger partial charge in [-0.3, -0.25) is 0 Å². The van der Waals surface area contributed by atoms with Crippen LogP contribution in [0.3, 0.4) is 0 Å². The van der Waals surface area contributed by atoms with Gasteiger partial charge in [0.2, 0.25) is 0 Å². The van der Waals surface area contributed by atoms with Crippen LogP contribution in [0, 0.1) is 12.0 Å². The van der Waals surface area contributed by atoms with Gasteiger partial charge in [0.25, 0.3) is 0 Å². The second-order valence-electron chi connectivity index (χ2n) is 4.15. The third kappa shape index (κ3) is 3.15. The maximum atomic E-state index is 8.64. The Kier molecular flexibility index (Phi) is 4.29. The van der Waals surface area contributed by atoms with E-state index >= 15 is 0 Å². The number of rotatable bonds is 2. The predicted molar refractivity (Wildman–Crippen MR) is 71.0 cm³/mol. The molecule has 0 amide bonds. The number of para-hydroxylation sites is 2. The normalized spacial score (nSPS) is 15.0. The minimum Gasteiger partial charge on any atom is -0.384 e. The summed E-state index contributed by atoms with van der Waals surface area (Å²) in [6, 6.07) is 10.9. The molecule has 0 bridgehead atoms. The molecule has 0 aromatic heterocycles. The molecule has 1 aliphatic heterocycles. The lowest BCUT2D eigenvalue weighted by Gasteiger charge is -2.30. The van der Waals surface area contributed by atoms with Crippen LogP contribution < -0.4 is 10.2 Å². The molecule has 17 heavy (non-hydrogen) atoms. The number of nitrogens with zero attached hydrogens (tertiary/aromatic N) is 1. The van der Waals surface area contributed by atoms with Crippen molar-refractivity contribution in [3.8, 4) is 12.0 Å². The van der Waals surface area contributed by atoms with Crippen LogP contribution in [-0.4, -0.2) is 24.8 Å². The first kappa shape index (κ1) is 11.8. The molecule has 1 heterocycles. The quantitative estimate of drug-likeness (QED) is 0.603. The number of benzene rings is 1. The molecular formula is C14H18N2O. The van der Waals surface area contributed by atoms with Gasteiger partial charge >= 0.3 is 0 Å². The maximum absolute atomic E-state index is 8.64. The zero-order valence-electron chi connectivity index (χ0n) is 9.95. The first-order valence-corrected chi connectivity index (χ1v) is 6.10. The number of piperidine rings is 1. The predicted octanol–water partition coefficient (Wildman–Crippen LogP) is 2.04. The van der Waals surface area contributed by atoms with Gasteiger partial charge in [-0.05, 0) is 31.4 Å². The van der Waals surface area contributed by atoms with Crippen LogP contribution in [0.1, 0.15) is 19.3 Å². The molecule has 1 aliphatic rings. The Bertz CT molecular complexity index is 414. The van der Waals surface area contributed by atoms with Crippen LogP contribution >= 0.6 is 0 Å². The summed E-state index contributed by atoms with van der Waals surface area (Å²) in [4.78, 5) is 2.40. The fourth-order valence-corrected chi connectivity index (χ4v) is 2.14. The molecule has 1 aromatic rings. The van der Waals surface area contributed by atoms with Crippen LogP contribution in [0.4, 0.5) is 11.4 Å². The molecule has 0 aliphatic carbocycles. The summed E-state index contributed by atoms with van der Waals surface area (Å²) in [5.41, 5.74) is 2.23. The minimum atomic E-state index is -0.112. The van der Waals surface area contributed by atoms with Crippen molar-refractivity contribution in [2.75, 3.05) is 29.9 Å². The van der Waals surface area contributed by atoms with Crippen molar-refractivity contribution >= 4 is 11.4 Å². The first-order valence-electron chi connectivity index (χ1n) is 6.10. The van der Waals surface area contributed by atoms with Crippen molar-refractivity contribution in [1.29, 1.82) is 0 Å². The van der Waals surface area contributed by atoms with Crippen molar-refractivity contribution in [3.05, 3.63) is 24.3 Å². The molecule has 2 N–H and O–H groups in total. The Morgan fingerprint density at radius 1 is 1.18 bits per heavy atom. The number of aliphatic hydroxyl groups is 1. The van der Waals surface area contributed by atoms with Crippen molar-refractivity contribution in [1.82, 2.24) is 0 Å². The Labute approximate surface area is 102 Å². The number of hydrogen-bond acceptors (Lipinski definition) is 3. The van der Waals surface area contributed by atoms with Crippen LogP contribution in [0.25, 0.3) is 0 Å². The van der Waals surface area contributed by atoms with E-state index in [0.29, 0.717) is 0 Å². The Hall–Kier alpha value is -1.66. The van der Waals surface area contributed by atoms with Gasteiger partial charge in [0.15, 0.2) is 0 Å². The average Bonchev–Trinajstić information content (AvgIpc) is 2.41. The highest BCUT2D eigenvalue weighted by Gasteiger charge is 2.13.